The summed E-state index contributed by atoms with van der Waals surface area (Å²) in [6, 6.07) is 10.5. The Morgan fingerprint density at radius 1 is 1.33 bits per heavy atom. The summed E-state index contributed by atoms with van der Waals surface area (Å²) in [4.78, 5) is 41.2. The fourth-order valence-corrected chi connectivity index (χ4v) is 3.56. The minimum Gasteiger partial charge on any atom is -0.452 e. The van der Waals surface area contributed by atoms with E-state index in [1.54, 1.807) is 12.1 Å². The van der Waals surface area contributed by atoms with Crippen molar-refractivity contribution in [2.75, 3.05) is 10.6 Å². The molecule has 2 amide bonds. The number of anilines is 2. The van der Waals surface area contributed by atoms with Gasteiger partial charge in [0.05, 0.1) is 22.4 Å². The number of aromatic nitrogens is 1. The van der Waals surface area contributed by atoms with Gasteiger partial charge in [0.2, 0.25) is 5.91 Å². The SMILES string of the molecule is CC(OC(=O)CC1Sc2ccccc2NC1=O)C(=O)Nc1ccc(Cl)cn1. The van der Waals surface area contributed by atoms with E-state index in [9.17, 15) is 14.4 Å². The number of carbonyl (C=O) groups is 3. The van der Waals surface area contributed by atoms with E-state index < -0.39 is 23.2 Å². The maximum Gasteiger partial charge on any atom is 0.308 e. The molecule has 0 saturated carbocycles. The predicted molar refractivity (Wildman–Crippen MR) is 103 cm³/mol. The molecule has 0 aliphatic carbocycles. The molecule has 7 nitrogen and oxygen atoms in total. The van der Waals surface area contributed by atoms with Crippen LogP contribution in [0.5, 0.6) is 0 Å². The second kappa shape index (κ2) is 8.41. The van der Waals surface area contributed by atoms with Crippen LogP contribution in [-0.2, 0) is 19.1 Å². The highest BCUT2D eigenvalue weighted by Crippen LogP contribution is 2.36. The maximum absolute atomic E-state index is 12.2. The van der Waals surface area contributed by atoms with E-state index in [1.165, 1.54) is 30.9 Å². The van der Waals surface area contributed by atoms with Crippen LogP contribution in [0.3, 0.4) is 0 Å². The molecule has 2 heterocycles. The normalized spacial score (nSPS) is 16.7. The largest absolute Gasteiger partial charge is 0.452 e. The number of halogens is 1. The Hall–Kier alpha value is -2.58. The third-order valence-electron chi connectivity index (χ3n) is 3.71. The number of ether oxygens (including phenoxy) is 1. The fraction of sp³-hybridized carbons (Fsp3) is 0.222. The lowest BCUT2D eigenvalue weighted by molar-refractivity contribution is -0.153. The van der Waals surface area contributed by atoms with Crippen molar-refractivity contribution in [2.45, 2.75) is 29.6 Å². The second-order valence-corrected chi connectivity index (χ2v) is 7.46. The number of para-hydroxylation sites is 1. The first-order valence-corrected chi connectivity index (χ1v) is 9.36. The van der Waals surface area contributed by atoms with E-state index in [-0.39, 0.29) is 12.3 Å². The van der Waals surface area contributed by atoms with Crippen LogP contribution in [0.1, 0.15) is 13.3 Å². The number of fused-ring (bicyclic) bond motifs is 1. The van der Waals surface area contributed by atoms with Gasteiger partial charge in [-0.1, -0.05) is 23.7 Å². The molecule has 0 spiro atoms. The highest BCUT2D eigenvalue weighted by atomic mass is 35.5. The van der Waals surface area contributed by atoms with Crippen molar-refractivity contribution in [2.24, 2.45) is 0 Å². The summed E-state index contributed by atoms with van der Waals surface area (Å²) in [7, 11) is 0. The lowest BCUT2D eigenvalue weighted by Gasteiger charge is -2.23. The number of nitrogens with zero attached hydrogens (tertiary/aromatic N) is 1. The fourth-order valence-electron chi connectivity index (χ4n) is 2.35. The molecular formula is C18H16ClN3O4S. The van der Waals surface area contributed by atoms with Gasteiger partial charge in [0.1, 0.15) is 5.82 Å². The van der Waals surface area contributed by atoms with E-state index in [1.807, 2.05) is 18.2 Å². The van der Waals surface area contributed by atoms with Gasteiger partial charge in [-0.2, -0.15) is 0 Å². The minimum absolute atomic E-state index is 0.137. The number of nitrogens with one attached hydrogen (secondary N) is 2. The molecule has 0 saturated heterocycles. The molecule has 0 bridgehead atoms. The van der Waals surface area contributed by atoms with E-state index in [2.05, 4.69) is 15.6 Å². The molecule has 1 aliphatic heterocycles. The van der Waals surface area contributed by atoms with Crippen molar-refractivity contribution >= 4 is 52.7 Å². The van der Waals surface area contributed by atoms with E-state index in [4.69, 9.17) is 16.3 Å². The van der Waals surface area contributed by atoms with Crippen LogP contribution in [-0.4, -0.2) is 34.1 Å². The summed E-state index contributed by atoms with van der Waals surface area (Å²) in [5.74, 6) is -1.12. The molecule has 140 valence electrons. The van der Waals surface area contributed by atoms with Gasteiger partial charge in [-0.15, -0.1) is 11.8 Å². The molecular weight excluding hydrogens is 390 g/mol. The van der Waals surface area contributed by atoms with Gasteiger partial charge < -0.3 is 15.4 Å². The molecule has 1 aromatic heterocycles. The summed E-state index contributed by atoms with van der Waals surface area (Å²) >= 11 is 7.03. The van der Waals surface area contributed by atoms with Gasteiger partial charge in [-0.25, -0.2) is 4.98 Å². The summed E-state index contributed by atoms with van der Waals surface area (Å²) in [6.45, 7) is 1.45. The number of pyridine rings is 1. The first-order chi connectivity index (χ1) is 12.9. The Balaban J connectivity index is 1.53. The van der Waals surface area contributed by atoms with Gasteiger partial charge in [-0.3, -0.25) is 14.4 Å². The standard InChI is InChI=1S/C18H16ClN3O4S/c1-10(17(24)22-15-7-6-11(19)9-20-15)26-16(23)8-14-18(25)21-12-4-2-3-5-13(12)27-14/h2-7,9-10,14H,8H2,1H3,(H,21,25)(H,20,22,24). The summed E-state index contributed by atoms with van der Waals surface area (Å²) in [6.07, 6.45) is 0.227. The number of benzene rings is 1. The quantitative estimate of drug-likeness (QED) is 0.742. The first kappa shape index (κ1) is 19.2. The number of hydrogen-bond acceptors (Lipinski definition) is 6. The lowest BCUT2D eigenvalue weighted by Crippen LogP contribution is -2.34. The van der Waals surface area contributed by atoms with Crippen molar-refractivity contribution < 1.29 is 19.1 Å². The number of esters is 1. The zero-order valence-electron chi connectivity index (χ0n) is 14.3. The Morgan fingerprint density at radius 2 is 2.11 bits per heavy atom. The lowest BCUT2D eigenvalue weighted by atomic mass is 10.2. The average Bonchev–Trinajstić information content (AvgIpc) is 2.64. The highest BCUT2D eigenvalue weighted by molar-refractivity contribution is 8.01. The highest BCUT2D eigenvalue weighted by Gasteiger charge is 2.30. The third-order valence-corrected chi connectivity index (χ3v) is 5.21. The Labute approximate surface area is 164 Å². The predicted octanol–water partition coefficient (Wildman–Crippen LogP) is 3.11. The summed E-state index contributed by atoms with van der Waals surface area (Å²) < 4.78 is 5.15. The monoisotopic (exact) mass is 405 g/mol. The molecule has 1 aromatic carbocycles. The van der Waals surface area contributed by atoms with Crippen LogP contribution in [0.15, 0.2) is 47.5 Å². The van der Waals surface area contributed by atoms with Crippen molar-refractivity contribution in [3.8, 4) is 0 Å². The molecule has 2 aromatic rings. The molecule has 1 aliphatic rings. The molecule has 3 rings (SSSR count). The Bertz CT molecular complexity index is 875. The molecule has 0 radical (unpaired) electrons. The topological polar surface area (TPSA) is 97.4 Å². The molecule has 2 N–H and O–H groups in total. The van der Waals surface area contributed by atoms with Crippen LogP contribution in [0.4, 0.5) is 11.5 Å². The minimum atomic E-state index is -1.03. The average molecular weight is 406 g/mol. The van der Waals surface area contributed by atoms with Gasteiger partial charge in [-0.05, 0) is 31.2 Å². The Morgan fingerprint density at radius 3 is 2.85 bits per heavy atom. The van der Waals surface area contributed by atoms with Gasteiger partial charge in [0.15, 0.2) is 6.10 Å². The maximum atomic E-state index is 12.2. The zero-order chi connectivity index (χ0) is 19.4. The van der Waals surface area contributed by atoms with Crippen molar-refractivity contribution in [1.82, 2.24) is 4.98 Å². The van der Waals surface area contributed by atoms with Crippen molar-refractivity contribution in [1.29, 1.82) is 0 Å². The van der Waals surface area contributed by atoms with Crippen molar-refractivity contribution in [3.05, 3.63) is 47.6 Å². The van der Waals surface area contributed by atoms with Crippen LogP contribution in [0.25, 0.3) is 0 Å². The Kier molecular flexibility index (Phi) is 5.98. The third kappa shape index (κ3) is 4.99. The van der Waals surface area contributed by atoms with E-state index in [0.29, 0.717) is 10.8 Å². The van der Waals surface area contributed by atoms with E-state index >= 15 is 0 Å². The molecule has 0 fully saturated rings. The second-order valence-electron chi connectivity index (χ2n) is 5.78. The van der Waals surface area contributed by atoms with Gasteiger partial charge in [0.25, 0.3) is 5.91 Å². The van der Waals surface area contributed by atoms with E-state index in [0.717, 1.165) is 10.6 Å². The van der Waals surface area contributed by atoms with Crippen LogP contribution in [0, 0.1) is 0 Å². The number of carbonyl (C=O) groups excluding carboxylic acids is 3. The molecule has 2 atom stereocenters. The number of amides is 2. The summed E-state index contributed by atoms with van der Waals surface area (Å²) in [5, 5.41) is 5.12. The van der Waals surface area contributed by atoms with Crippen LogP contribution >= 0.6 is 23.4 Å². The molecule has 27 heavy (non-hydrogen) atoms. The number of thioether (sulfide) groups is 1. The van der Waals surface area contributed by atoms with Crippen molar-refractivity contribution in [3.63, 3.8) is 0 Å². The van der Waals surface area contributed by atoms with Gasteiger partial charge in [0, 0.05) is 11.1 Å². The number of rotatable bonds is 5. The zero-order valence-corrected chi connectivity index (χ0v) is 15.8. The number of hydrogen-bond donors (Lipinski definition) is 2. The van der Waals surface area contributed by atoms with Crippen LogP contribution in [0.2, 0.25) is 5.02 Å². The smallest absolute Gasteiger partial charge is 0.308 e. The van der Waals surface area contributed by atoms with Gasteiger partial charge >= 0.3 is 5.97 Å². The molecule has 9 heteroatoms. The van der Waals surface area contributed by atoms with Crippen LogP contribution < -0.4 is 10.6 Å². The summed E-state index contributed by atoms with van der Waals surface area (Å²) in [5.41, 5.74) is 0.723. The molecule has 2 unspecified atom stereocenters. The first-order valence-electron chi connectivity index (χ1n) is 8.11.